The van der Waals surface area contributed by atoms with E-state index in [0.29, 0.717) is 11.5 Å². The fourth-order valence-electron chi connectivity index (χ4n) is 3.72. The first-order valence-electron chi connectivity index (χ1n) is 8.83. The molecule has 8 nitrogen and oxygen atoms in total. The summed E-state index contributed by atoms with van der Waals surface area (Å²) in [6.45, 7) is 0. The fourth-order valence-corrected chi connectivity index (χ4v) is 4.73. The molecule has 1 saturated carbocycles. The molecule has 0 aromatic carbocycles. The van der Waals surface area contributed by atoms with Crippen molar-refractivity contribution in [3.63, 3.8) is 0 Å². The maximum absolute atomic E-state index is 14.4. The molecule has 146 valence electrons. The van der Waals surface area contributed by atoms with Gasteiger partial charge >= 0.3 is 0 Å². The van der Waals surface area contributed by atoms with E-state index < -0.39 is 16.3 Å². The molecule has 2 aromatic rings. The summed E-state index contributed by atoms with van der Waals surface area (Å²) in [4.78, 5) is 28.3. The lowest BCUT2D eigenvalue weighted by Gasteiger charge is -2.48. The van der Waals surface area contributed by atoms with E-state index in [-0.39, 0.29) is 23.2 Å². The van der Waals surface area contributed by atoms with Crippen LogP contribution < -0.4 is 16.0 Å². The van der Waals surface area contributed by atoms with Crippen LogP contribution in [0.5, 0.6) is 0 Å². The first-order chi connectivity index (χ1) is 13.4. The molecule has 0 spiro atoms. The average Bonchev–Trinajstić information content (AvgIpc) is 3.06. The monoisotopic (exact) mass is 402 g/mol. The number of nitrogens with one attached hydrogen (secondary N) is 1. The zero-order valence-electron chi connectivity index (χ0n) is 15.2. The Kier molecular flexibility index (Phi) is 4.45. The minimum absolute atomic E-state index is 0.119. The fraction of sp³-hybridized carbons (Fsp3) is 0.389. The largest absolute Gasteiger partial charge is 0.366 e. The molecule has 3 heterocycles. The number of hydrogen-bond donors (Lipinski definition) is 2. The Balaban J connectivity index is 1.66. The van der Waals surface area contributed by atoms with Crippen molar-refractivity contribution in [3.05, 3.63) is 47.7 Å². The van der Waals surface area contributed by atoms with Gasteiger partial charge in [-0.25, -0.2) is 4.39 Å². The second kappa shape index (κ2) is 6.69. The van der Waals surface area contributed by atoms with E-state index >= 15 is 0 Å². The van der Waals surface area contributed by atoms with Gasteiger partial charge in [-0.3, -0.25) is 14.6 Å². The van der Waals surface area contributed by atoms with Crippen LogP contribution in [0.15, 0.2) is 30.5 Å². The van der Waals surface area contributed by atoms with Gasteiger partial charge in [-0.1, -0.05) is 0 Å². The van der Waals surface area contributed by atoms with Crippen molar-refractivity contribution in [2.45, 2.75) is 29.7 Å². The molecule has 3 N–H and O–H groups in total. The number of amides is 2. The molecule has 1 aliphatic heterocycles. The van der Waals surface area contributed by atoms with Crippen LogP contribution in [0.4, 0.5) is 10.2 Å². The van der Waals surface area contributed by atoms with E-state index in [4.69, 9.17) is 5.73 Å². The number of aromatic nitrogens is 3. The van der Waals surface area contributed by atoms with Crippen LogP contribution in [-0.2, 0) is 20.0 Å². The van der Waals surface area contributed by atoms with Gasteiger partial charge in [0.1, 0.15) is 17.2 Å². The quantitative estimate of drug-likeness (QED) is 0.768. The van der Waals surface area contributed by atoms with Crippen molar-refractivity contribution in [2.75, 3.05) is 17.7 Å². The van der Waals surface area contributed by atoms with Gasteiger partial charge < -0.3 is 16.0 Å². The number of hydrogen-bond acceptors (Lipinski definition) is 7. The molecule has 2 amide bonds. The van der Waals surface area contributed by atoms with Crippen LogP contribution in [0, 0.1) is 5.82 Å². The molecule has 10 heteroatoms. The molecule has 1 aliphatic carbocycles. The maximum Gasteiger partial charge on any atom is 0.260 e. The molecular weight excluding hydrogens is 383 g/mol. The van der Waals surface area contributed by atoms with E-state index in [1.807, 2.05) is 11.9 Å². The average molecular weight is 402 g/mol. The van der Waals surface area contributed by atoms with Crippen molar-refractivity contribution in [1.29, 1.82) is 0 Å². The van der Waals surface area contributed by atoms with Gasteiger partial charge in [0.15, 0.2) is 5.82 Å². The first kappa shape index (κ1) is 18.6. The number of anilines is 1. The standard InChI is InChI=1S/C18H19FN6O2S/c1-25(17(7-3-8-17)15-11(19)4-2-9-21-15)13-6-5-12(23-24-13)18(16(20)27)22-14(26)10-28-18/h2,4-6,9H,3,7-8,10H2,1H3,(H2,20,27)(H,22,26). The predicted molar refractivity (Wildman–Crippen MR) is 102 cm³/mol. The number of carbonyl (C=O) groups is 2. The SMILES string of the molecule is CN(c1ccc(C2(C(N)=O)NC(=O)CS2)nn1)C1(c2ncccc2F)CCC1. The zero-order valence-corrected chi connectivity index (χ0v) is 16.0. The molecule has 28 heavy (non-hydrogen) atoms. The second-order valence-corrected chi connectivity index (χ2v) is 8.13. The van der Waals surface area contributed by atoms with Gasteiger partial charge in [0.25, 0.3) is 5.91 Å². The van der Waals surface area contributed by atoms with Gasteiger partial charge in [0.2, 0.25) is 10.8 Å². The maximum atomic E-state index is 14.4. The summed E-state index contributed by atoms with van der Waals surface area (Å²) in [5, 5.41) is 11.0. The van der Waals surface area contributed by atoms with Gasteiger partial charge in [0, 0.05) is 13.2 Å². The minimum atomic E-state index is -1.41. The third kappa shape index (κ3) is 2.70. The van der Waals surface area contributed by atoms with Crippen LogP contribution in [-0.4, -0.2) is 39.8 Å². The van der Waals surface area contributed by atoms with E-state index in [1.54, 1.807) is 24.4 Å². The summed E-state index contributed by atoms with van der Waals surface area (Å²) in [5.74, 6) is -0.705. The van der Waals surface area contributed by atoms with Crippen molar-refractivity contribution >= 4 is 29.4 Å². The number of halogens is 1. The van der Waals surface area contributed by atoms with Gasteiger partial charge in [-0.15, -0.1) is 22.0 Å². The minimum Gasteiger partial charge on any atom is -0.366 e. The highest BCUT2D eigenvalue weighted by atomic mass is 32.2. The predicted octanol–water partition coefficient (Wildman–Crippen LogP) is 1.03. The summed E-state index contributed by atoms with van der Waals surface area (Å²) in [6, 6.07) is 6.28. The van der Waals surface area contributed by atoms with Crippen LogP contribution in [0.25, 0.3) is 0 Å². The molecule has 2 aromatic heterocycles. The molecule has 2 aliphatic rings. The Morgan fingerprint density at radius 2 is 2.11 bits per heavy atom. The summed E-state index contributed by atoms with van der Waals surface area (Å²) in [6.07, 6.45) is 4.03. The molecule has 1 atom stereocenters. The topological polar surface area (TPSA) is 114 Å². The number of rotatable bonds is 5. The Morgan fingerprint density at radius 1 is 1.32 bits per heavy atom. The van der Waals surface area contributed by atoms with Crippen LogP contribution >= 0.6 is 11.8 Å². The van der Waals surface area contributed by atoms with Crippen molar-refractivity contribution < 1.29 is 14.0 Å². The smallest absolute Gasteiger partial charge is 0.260 e. The number of thioether (sulfide) groups is 1. The summed E-state index contributed by atoms with van der Waals surface area (Å²) in [5.41, 5.74) is 5.58. The summed E-state index contributed by atoms with van der Waals surface area (Å²) in [7, 11) is 1.83. The van der Waals surface area contributed by atoms with Crippen molar-refractivity contribution in [2.24, 2.45) is 5.73 Å². The molecule has 1 unspecified atom stereocenters. The molecule has 2 fully saturated rings. The number of pyridine rings is 1. The van der Waals surface area contributed by atoms with Crippen LogP contribution in [0.2, 0.25) is 0 Å². The normalized spacial score (nSPS) is 23.0. The number of nitrogens with two attached hydrogens (primary N) is 1. The number of carbonyl (C=O) groups excluding carboxylic acids is 2. The molecular formula is C18H19FN6O2S. The van der Waals surface area contributed by atoms with Crippen molar-refractivity contribution in [1.82, 2.24) is 20.5 Å². The van der Waals surface area contributed by atoms with E-state index in [2.05, 4.69) is 20.5 Å². The lowest BCUT2D eigenvalue weighted by atomic mass is 9.72. The number of nitrogens with zero attached hydrogens (tertiary/aromatic N) is 4. The second-order valence-electron chi connectivity index (χ2n) is 6.94. The van der Waals surface area contributed by atoms with Crippen LogP contribution in [0.3, 0.4) is 0 Å². The molecule has 1 saturated heterocycles. The highest BCUT2D eigenvalue weighted by Gasteiger charge is 2.49. The molecule has 0 bridgehead atoms. The van der Waals surface area contributed by atoms with E-state index in [1.165, 1.54) is 6.07 Å². The summed E-state index contributed by atoms with van der Waals surface area (Å²) < 4.78 is 14.4. The first-order valence-corrected chi connectivity index (χ1v) is 9.81. The van der Waals surface area contributed by atoms with E-state index in [9.17, 15) is 14.0 Å². The highest BCUT2D eigenvalue weighted by Crippen LogP contribution is 2.47. The molecule has 0 radical (unpaired) electrons. The zero-order chi connectivity index (χ0) is 19.9. The molecule has 4 rings (SSSR count). The third-order valence-corrected chi connectivity index (χ3v) is 6.81. The number of primary amides is 1. The lowest BCUT2D eigenvalue weighted by molar-refractivity contribution is -0.126. The van der Waals surface area contributed by atoms with Crippen LogP contribution in [0.1, 0.15) is 30.7 Å². The van der Waals surface area contributed by atoms with Crippen molar-refractivity contribution in [3.8, 4) is 0 Å². The van der Waals surface area contributed by atoms with Gasteiger partial charge in [0.05, 0.1) is 11.3 Å². The van der Waals surface area contributed by atoms with Gasteiger partial charge in [-0.05, 0) is 43.5 Å². The van der Waals surface area contributed by atoms with E-state index in [0.717, 1.165) is 31.0 Å². The third-order valence-electron chi connectivity index (χ3n) is 5.46. The Labute approximate surface area is 165 Å². The lowest BCUT2D eigenvalue weighted by Crippen LogP contribution is -2.51. The Hall–Kier alpha value is -2.75. The summed E-state index contributed by atoms with van der Waals surface area (Å²) >= 11 is 1.08. The Bertz CT molecular complexity index is 936. The Morgan fingerprint density at radius 3 is 2.61 bits per heavy atom. The van der Waals surface area contributed by atoms with Gasteiger partial charge in [-0.2, -0.15) is 0 Å². The highest BCUT2D eigenvalue weighted by molar-refractivity contribution is 8.02.